The fourth-order valence-electron chi connectivity index (χ4n) is 1.26. The zero-order valence-corrected chi connectivity index (χ0v) is 9.78. The summed E-state index contributed by atoms with van der Waals surface area (Å²) in [5.41, 5.74) is 0. The first-order valence-electron chi connectivity index (χ1n) is 5.41. The van der Waals surface area contributed by atoms with Crippen molar-refractivity contribution in [3.05, 3.63) is 18.4 Å². The highest BCUT2D eigenvalue weighted by molar-refractivity contribution is 5.75. The van der Waals surface area contributed by atoms with Crippen LogP contribution in [0.25, 0.3) is 11.6 Å². The van der Waals surface area contributed by atoms with Gasteiger partial charge in [-0.1, -0.05) is 0 Å². The largest absolute Gasteiger partial charge is 0.461 e. The normalized spacial score (nSPS) is 12.3. The molecule has 1 amide bonds. The molecule has 0 aliphatic carbocycles. The monoisotopic (exact) mass is 251 g/mol. The zero-order chi connectivity index (χ0) is 13.0. The van der Waals surface area contributed by atoms with Crippen molar-refractivity contribution in [2.24, 2.45) is 0 Å². The molecule has 0 fully saturated rings. The van der Waals surface area contributed by atoms with Gasteiger partial charge in [-0.25, -0.2) is 0 Å². The molecule has 96 valence electrons. The van der Waals surface area contributed by atoms with Crippen LogP contribution in [0.2, 0.25) is 0 Å². The van der Waals surface area contributed by atoms with E-state index >= 15 is 0 Å². The molecule has 0 spiro atoms. The number of furan rings is 1. The van der Waals surface area contributed by atoms with Gasteiger partial charge in [-0.2, -0.15) is 4.80 Å². The van der Waals surface area contributed by atoms with Crippen molar-refractivity contribution in [3.8, 4) is 11.6 Å². The standard InChI is InChI=1S/C10H13N5O3/c1-7(16)5-11-9(17)6-15-13-10(12-14-15)8-3-2-4-18-8/h2-4,7,16H,5-6H2,1H3,(H,11,17). The third-order valence-corrected chi connectivity index (χ3v) is 2.07. The summed E-state index contributed by atoms with van der Waals surface area (Å²) in [6.07, 6.45) is 0.919. The summed E-state index contributed by atoms with van der Waals surface area (Å²) >= 11 is 0. The average Bonchev–Trinajstić information content (AvgIpc) is 2.95. The lowest BCUT2D eigenvalue weighted by molar-refractivity contribution is -0.122. The first-order chi connectivity index (χ1) is 8.65. The number of nitrogens with zero attached hydrogens (tertiary/aromatic N) is 4. The molecule has 0 aromatic carbocycles. The Labute approximate surface area is 103 Å². The van der Waals surface area contributed by atoms with Crippen molar-refractivity contribution in [1.82, 2.24) is 25.5 Å². The summed E-state index contributed by atoms with van der Waals surface area (Å²) in [5, 5.41) is 23.0. The number of tetrazole rings is 1. The van der Waals surface area contributed by atoms with Crippen molar-refractivity contribution in [1.29, 1.82) is 0 Å². The van der Waals surface area contributed by atoms with E-state index in [4.69, 9.17) is 9.52 Å². The number of rotatable bonds is 5. The van der Waals surface area contributed by atoms with Gasteiger partial charge in [-0.05, 0) is 24.3 Å². The Morgan fingerprint density at radius 1 is 1.67 bits per heavy atom. The van der Waals surface area contributed by atoms with Crippen LogP contribution in [-0.4, -0.2) is 43.9 Å². The first kappa shape index (κ1) is 12.2. The van der Waals surface area contributed by atoms with Gasteiger partial charge in [-0.15, -0.1) is 10.2 Å². The summed E-state index contributed by atoms with van der Waals surface area (Å²) < 4.78 is 5.10. The lowest BCUT2D eigenvalue weighted by Crippen LogP contribution is -2.33. The fraction of sp³-hybridized carbons (Fsp3) is 0.400. The van der Waals surface area contributed by atoms with E-state index in [-0.39, 0.29) is 19.0 Å². The van der Waals surface area contributed by atoms with E-state index in [1.807, 2.05) is 0 Å². The van der Waals surface area contributed by atoms with Gasteiger partial charge in [-0.3, -0.25) is 4.79 Å². The van der Waals surface area contributed by atoms with E-state index in [1.54, 1.807) is 19.1 Å². The van der Waals surface area contributed by atoms with Crippen LogP contribution in [0.1, 0.15) is 6.92 Å². The Morgan fingerprint density at radius 2 is 2.50 bits per heavy atom. The number of aliphatic hydroxyl groups is 1. The number of carbonyl (C=O) groups excluding carboxylic acids is 1. The molecule has 0 bridgehead atoms. The maximum Gasteiger partial charge on any atom is 0.243 e. The maximum atomic E-state index is 11.4. The molecule has 0 aliphatic heterocycles. The molecule has 2 aromatic heterocycles. The molecule has 8 nitrogen and oxygen atoms in total. The Hall–Kier alpha value is -2.22. The van der Waals surface area contributed by atoms with Crippen molar-refractivity contribution in [2.75, 3.05) is 6.54 Å². The highest BCUT2D eigenvalue weighted by Crippen LogP contribution is 2.12. The van der Waals surface area contributed by atoms with Gasteiger partial charge in [0.15, 0.2) is 5.76 Å². The number of hydrogen-bond acceptors (Lipinski definition) is 6. The highest BCUT2D eigenvalue weighted by atomic mass is 16.3. The minimum absolute atomic E-state index is 0.0551. The van der Waals surface area contributed by atoms with E-state index in [2.05, 4.69) is 20.7 Å². The Balaban J connectivity index is 1.93. The molecule has 1 atom stereocenters. The lowest BCUT2D eigenvalue weighted by Gasteiger charge is -2.05. The molecular weight excluding hydrogens is 238 g/mol. The van der Waals surface area contributed by atoms with E-state index < -0.39 is 6.10 Å². The number of aromatic nitrogens is 4. The molecule has 2 N–H and O–H groups in total. The summed E-state index contributed by atoms with van der Waals surface area (Å²) in [4.78, 5) is 12.6. The van der Waals surface area contributed by atoms with Crippen LogP contribution < -0.4 is 5.32 Å². The van der Waals surface area contributed by atoms with Gasteiger partial charge < -0.3 is 14.8 Å². The predicted molar refractivity (Wildman–Crippen MR) is 60.2 cm³/mol. The van der Waals surface area contributed by atoms with Gasteiger partial charge in [0.2, 0.25) is 11.7 Å². The van der Waals surface area contributed by atoms with E-state index in [1.165, 1.54) is 6.26 Å². The van der Waals surface area contributed by atoms with Crippen molar-refractivity contribution in [3.63, 3.8) is 0 Å². The molecule has 0 saturated heterocycles. The topological polar surface area (TPSA) is 106 Å². The zero-order valence-electron chi connectivity index (χ0n) is 9.78. The van der Waals surface area contributed by atoms with Crippen molar-refractivity contribution >= 4 is 5.91 Å². The molecule has 0 radical (unpaired) electrons. The molecule has 2 heterocycles. The summed E-state index contributed by atoms with van der Waals surface area (Å²) in [6, 6.07) is 3.42. The number of amides is 1. The van der Waals surface area contributed by atoms with E-state index in [9.17, 15) is 4.79 Å². The lowest BCUT2D eigenvalue weighted by atomic mass is 10.4. The quantitative estimate of drug-likeness (QED) is 0.737. The molecule has 18 heavy (non-hydrogen) atoms. The van der Waals surface area contributed by atoms with Crippen LogP contribution in [-0.2, 0) is 11.3 Å². The second kappa shape index (κ2) is 5.41. The van der Waals surface area contributed by atoms with Gasteiger partial charge >= 0.3 is 0 Å². The average molecular weight is 251 g/mol. The van der Waals surface area contributed by atoms with Crippen LogP contribution in [0.15, 0.2) is 22.8 Å². The first-order valence-corrected chi connectivity index (χ1v) is 5.41. The van der Waals surface area contributed by atoms with Crippen LogP contribution in [0.4, 0.5) is 0 Å². The number of carbonyl (C=O) groups is 1. The SMILES string of the molecule is CC(O)CNC(=O)Cn1nnc(-c2ccco2)n1. The van der Waals surface area contributed by atoms with Crippen molar-refractivity contribution in [2.45, 2.75) is 19.6 Å². The van der Waals surface area contributed by atoms with Crippen LogP contribution in [0, 0.1) is 0 Å². The summed E-state index contributed by atoms with van der Waals surface area (Å²) in [6.45, 7) is 1.72. The van der Waals surface area contributed by atoms with Gasteiger partial charge in [0.25, 0.3) is 0 Å². The Kier molecular flexibility index (Phi) is 3.68. The number of aliphatic hydroxyl groups excluding tert-OH is 1. The minimum Gasteiger partial charge on any atom is -0.461 e. The van der Waals surface area contributed by atoms with E-state index in [0.717, 1.165) is 4.80 Å². The molecule has 2 aromatic rings. The summed E-state index contributed by atoms with van der Waals surface area (Å²) in [7, 11) is 0. The third kappa shape index (κ3) is 3.14. The second-order valence-corrected chi connectivity index (χ2v) is 3.77. The predicted octanol–water partition coefficient (Wildman–Crippen LogP) is -0.570. The second-order valence-electron chi connectivity index (χ2n) is 3.77. The highest BCUT2D eigenvalue weighted by Gasteiger charge is 2.11. The fourth-order valence-corrected chi connectivity index (χ4v) is 1.26. The molecule has 8 heteroatoms. The molecule has 0 aliphatic rings. The van der Waals surface area contributed by atoms with Gasteiger partial charge in [0, 0.05) is 6.54 Å². The van der Waals surface area contributed by atoms with Gasteiger partial charge in [0.1, 0.15) is 6.54 Å². The number of hydrogen-bond donors (Lipinski definition) is 2. The number of nitrogens with one attached hydrogen (secondary N) is 1. The third-order valence-electron chi connectivity index (χ3n) is 2.07. The maximum absolute atomic E-state index is 11.4. The van der Waals surface area contributed by atoms with Crippen LogP contribution in [0.5, 0.6) is 0 Å². The van der Waals surface area contributed by atoms with Gasteiger partial charge in [0.05, 0.1) is 12.4 Å². The van der Waals surface area contributed by atoms with Crippen LogP contribution >= 0.6 is 0 Å². The molecular formula is C10H13N5O3. The molecule has 0 saturated carbocycles. The Bertz CT molecular complexity index is 505. The molecule has 1 unspecified atom stereocenters. The van der Waals surface area contributed by atoms with E-state index in [0.29, 0.717) is 11.6 Å². The smallest absolute Gasteiger partial charge is 0.243 e. The van der Waals surface area contributed by atoms with Crippen LogP contribution in [0.3, 0.4) is 0 Å². The molecule has 2 rings (SSSR count). The van der Waals surface area contributed by atoms with Crippen molar-refractivity contribution < 1.29 is 14.3 Å². The summed E-state index contributed by atoms with van der Waals surface area (Å²) in [5.74, 6) is 0.522. The minimum atomic E-state index is -0.587. The Morgan fingerprint density at radius 3 is 3.17 bits per heavy atom.